The van der Waals surface area contributed by atoms with E-state index in [9.17, 15) is 9.59 Å². The number of piperidine rings is 1. The highest BCUT2D eigenvalue weighted by atomic mass is 35.5. The topological polar surface area (TPSA) is 70.2 Å². The standard InChI is InChI=1S/C20H29N3O2.ClH/c1-12(2)18(23-19(24)14-6-4-13(3)5-7-14)20(25)22-17-10-15-8-9-16(11-17)21-15;/h4-7,12,15-18,21H,8-11H2,1-3H3,(H,22,25)(H,23,24);1H. The maximum absolute atomic E-state index is 12.8. The smallest absolute Gasteiger partial charge is 0.251 e. The van der Waals surface area contributed by atoms with E-state index in [-0.39, 0.29) is 36.2 Å². The van der Waals surface area contributed by atoms with Crippen molar-refractivity contribution in [2.45, 2.75) is 70.6 Å². The van der Waals surface area contributed by atoms with E-state index < -0.39 is 6.04 Å². The van der Waals surface area contributed by atoms with Gasteiger partial charge in [-0.1, -0.05) is 31.5 Å². The van der Waals surface area contributed by atoms with E-state index in [1.54, 1.807) is 12.1 Å². The maximum atomic E-state index is 12.8. The van der Waals surface area contributed by atoms with Crippen LogP contribution in [-0.4, -0.2) is 36.0 Å². The average Bonchev–Trinajstić information content (AvgIpc) is 2.91. The predicted octanol–water partition coefficient (Wildman–Crippen LogP) is 2.57. The molecule has 2 amide bonds. The second kappa shape index (κ2) is 8.87. The van der Waals surface area contributed by atoms with Gasteiger partial charge in [-0.2, -0.15) is 0 Å². The van der Waals surface area contributed by atoms with Gasteiger partial charge in [-0.15, -0.1) is 12.4 Å². The molecule has 0 aromatic heterocycles. The van der Waals surface area contributed by atoms with Crippen LogP contribution in [0.1, 0.15) is 55.5 Å². The van der Waals surface area contributed by atoms with E-state index in [1.807, 2.05) is 32.9 Å². The molecule has 2 aliphatic heterocycles. The molecule has 2 heterocycles. The lowest BCUT2D eigenvalue weighted by molar-refractivity contribution is -0.124. The Hall–Kier alpha value is -1.59. The van der Waals surface area contributed by atoms with Crippen molar-refractivity contribution in [3.05, 3.63) is 35.4 Å². The Morgan fingerprint density at radius 2 is 1.65 bits per heavy atom. The van der Waals surface area contributed by atoms with Crippen LogP contribution in [0.3, 0.4) is 0 Å². The molecule has 3 atom stereocenters. The fourth-order valence-corrected chi connectivity index (χ4v) is 3.93. The quantitative estimate of drug-likeness (QED) is 0.736. The van der Waals surface area contributed by atoms with Crippen LogP contribution in [0.4, 0.5) is 0 Å². The molecule has 144 valence electrons. The van der Waals surface area contributed by atoms with Crippen molar-refractivity contribution in [2.75, 3.05) is 0 Å². The van der Waals surface area contributed by atoms with Crippen molar-refractivity contribution in [1.82, 2.24) is 16.0 Å². The van der Waals surface area contributed by atoms with E-state index in [1.165, 1.54) is 12.8 Å². The molecule has 2 fully saturated rings. The molecule has 0 radical (unpaired) electrons. The number of aryl methyl sites for hydroxylation is 1. The summed E-state index contributed by atoms with van der Waals surface area (Å²) in [5, 5.41) is 9.67. The summed E-state index contributed by atoms with van der Waals surface area (Å²) in [6.07, 6.45) is 4.38. The number of hydrogen-bond donors (Lipinski definition) is 3. The van der Waals surface area contributed by atoms with Gasteiger partial charge < -0.3 is 16.0 Å². The monoisotopic (exact) mass is 379 g/mol. The lowest BCUT2D eigenvalue weighted by atomic mass is 9.97. The molecule has 3 unspecified atom stereocenters. The van der Waals surface area contributed by atoms with Crippen LogP contribution in [0.15, 0.2) is 24.3 Å². The van der Waals surface area contributed by atoms with E-state index in [0.717, 1.165) is 18.4 Å². The first kappa shape index (κ1) is 20.7. The number of halogens is 1. The van der Waals surface area contributed by atoms with Gasteiger partial charge in [-0.3, -0.25) is 9.59 Å². The number of nitrogens with one attached hydrogen (secondary N) is 3. The summed E-state index contributed by atoms with van der Waals surface area (Å²) in [5.74, 6) is -0.228. The Morgan fingerprint density at radius 3 is 2.19 bits per heavy atom. The van der Waals surface area contributed by atoms with Gasteiger partial charge in [-0.25, -0.2) is 0 Å². The van der Waals surface area contributed by atoms with Crippen LogP contribution in [-0.2, 0) is 4.79 Å². The molecular formula is C20H30ClN3O2. The van der Waals surface area contributed by atoms with Crippen LogP contribution >= 0.6 is 12.4 Å². The van der Waals surface area contributed by atoms with E-state index in [2.05, 4.69) is 16.0 Å². The first-order valence-electron chi connectivity index (χ1n) is 9.36. The number of hydrogen-bond acceptors (Lipinski definition) is 3. The summed E-state index contributed by atoms with van der Waals surface area (Å²) >= 11 is 0. The van der Waals surface area contributed by atoms with Gasteiger partial charge in [0.2, 0.25) is 5.91 Å². The van der Waals surface area contributed by atoms with Crippen molar-refractivity contribution < 1.29 is 9.59 Å². The molecule has 3 N–H and O–H groups in total. The molecule has 2 saturated heterocycles. The van der Waals surface area contributed by atoms with Crippen molar-refractivity contribution in [1.29, 1.82) is 0 Å². The van der Waals surface area contributed by atoms with Gasteiger partial charge in [-0.05, 0) is 50.7 Å². The third kappa shape index (κ3) is 4.98. The van der Waals surface area contributed by atoms with Crippen LogP contribution in [0.5, 0.6) is 0 Å². The summed E-state index contributed by atoms with van der Waals surface area (Å²) in [4.78, 5) is 25.2. The van der Waals surface area contributed by atoms with Gasteiger partial charge in [0.25, 0.3) is 5.91 Å². The van der Waals surface area contributed by atoms with Crippen molar-refractivity contribution >= 4 is 24.2 Å². The molecule has 1 aromatic carbocycles. The molecular weight excluding hydrogens is 350 g/mol. The number of carbonyl (C=O) groups is 2. The maximum Gasteiger partial charge on any atom is 0.251 e. The van der Waals surface area contributed by atoms with Gasteiger partial charge in [0.1, 0.15) is 6.04 Å². The summed E-state index contributed by atoms with van der Waals surface area (Å²) in [7, 11) is 0. The van der Waals surface area contributed by atoms with E-state index >= 15 is 0 Å². The molecule has 0 saturated carbocycles. The zero-order valence-corrected chi connectivity index (χ0v) is 16.6. The molecule has 0 spiro atoms. The molecule has 3 rings (SSSR count). The number of amides is 2. The number of carbonyl (C=O) groups excluding carboxylic acids is 2. The van der Waals surface area contributed by atoms with Gasteiger partial charge in [0.15, 0.2) is 0 Å². The fraction of sp³-hybridized carbons (Fsp3) is 0.600. The minimum atomic E-state index is -0.513. The van der Waals surface area contributed by atoms with Gasteiger partial charge in [0.05, 0.1) is 0 Å². The largest absolute Gasteiger partial charge is 0.351 e. The van der Waals surface area contributed by atoms with Gasteiger partial charge >= 0.3 is 0 Å². The first-order valence-corrected chi connectivity index (χ1v) is 9.36. The summed E-state index contributed by atoms with van der Waals surface area (Å²) < 4.78 is 0. The van der Waals surface area contributed by atoms with Crippen molar-refractivity contribution in [3.8, 4) is 0 Å². The third-order valence-electron chi connectivity index (χ3n) is 5.37. The SMILES string of the molecule is Cc1ccc(C(=O)NC(C(=O)NC2CC3CCC(C2)N3)C(C)C)cc1.Cl. The second-order valence-electron chi connectivity index (χ2n) is 7.88. The molecule has 2 bridgehead atoms. The minimum absolute atomic E-state index is 0. The number of rotatable bonds is 5. The Balaban J connectivity index is 0.00000243. The van der Waals surface area contributed by atoms with Crippen LogP contribution in [0.25, 0.3) is 0 Å². The molecule has 2 aliphatic rings. The lowest BCUT2D eigenvalue weighted by Gasteiger charge is -2.31. The zero-order valence-electron chi connectivity index (χ0n) is 15.7. The Labute approximate surface area is 162 Å². The van der Waals surface area contributed by atoms with Gasteiger partial charge in [0, 0.05) is 23.7 Å². The molecule has 6 heteroatoms. The third-order valence-corrected chi connectivity index (χ3v) is 5.37. The summed E-state index contributed by atoms with van der Waals surface area (Å²) in [6, 6.07) is 8.17. The first-order chi connectivity index (χ1) is 11.9. The summed E-state index contributed by atoms with van der Waals surface area (Å²) in [5.41, 5.74) is 1.69. The summed E-state index contributed by atoms with van der Waals surface area (Å²) in [6.45, 7) is 5.91. The minimum Gasteiger partial charge on any atom is -0.351 e. The van der Waals surface area contributed by atoms with Crippen LogP contribution in [0.2, 0.25) is 0 Å². The molecule has 5 nitrogen and oxygen atoms in total. The normalized spacial score (nSPS) is 25.3. The van der Waals surface area contributed by atoms with Crippen LogP contribution < -0.4 is 16.0 Å². The molecule has 26 heavy (non-hydrogen) atoms. The Bertz CT molecular complexity index is 620. The fourth-order valence-electron chi connectivity index (χ4n) is 3.93. The van der Waals surface area contributed by atoms with E-state index in [0.29, 0.717) is 17.6 Å². The highest BCUT2D eigenvalue weighted by Gasteiger charge is 2.35. The van der Waals surface area contributed by atoms with Crippen LogP contribution in [0, 0.1) is 12.8 Å². The highest BCUT2D eigenvalue weighted by molar-refractivity contribution is 5.97. The van der Waals surface area contributed by atoms with Crippen molar-refractivity contribution in [3.63, 3.8) is 0 Å². The Morgan fingerprint density at radius 1 is 1.08 bits per heavy atom. The van der Waals surface area contributed by atoms with Crippen molar-refractivity contribution in [2.24, 2.45) is 5.92 Å². The lowest BCUT2D eigenvalue weighted by Crippen LogP contribution is -2.55. The van der Waals surface area contributed by atoms with E-state index in [4.69, 9.17) is 0 Å². The number of benzene rings is 1. The highest BCUT2D eigenvalue weighted by Crippen LogP contribution is 2.26. The zero-order chi connectivity index (χ0) is 18.0. The average molecular weight is 380 g/mol. The molecule has 0 aliphatic carbocycles. The predicted molar refractivity (Wildman–Crippen MR) is 106 cm³/mol. The second-order valence-corrected chi connectivity index (χ2v) is 7.88. The Kier molecular flexibility index (Phi) is 7.07. The number of fused-ring (bicyclic) bond motifs is 2. The molecule has 1 aromatic rings.